The fourth-order valence-electron chi connectivity index (χ4n) is 2.38. The fraction of sp³-hybridized carbons (Fsp3) is 0.429. The molecule has 1 heterocycles. The van der Waals surface area contributed by atoms with Crippen LogP contribution in [0.2, 0.25) is 0 Å². The zero-order valence-electron chi connectivity index (χ0n) is 10.9. The molecule has 0 atom stereocenters. The second kappa shape index (κ2) is 6.09. The molecule has 1 fully saturated rings. The maximum atomic E-state index is 13.5. The van der Waals surface area contributed by atoms with Gasteiger partial charge in [-0.25, -0.2) is 8.78 Å². The molecule has 1 aliphatic heterocycles. The number of hydrogen-bond donors (Lipinski definition) is 1. The van der Waals surface area contributed by atoms with Gasteiger partial charge in [-0.2, -0.15) is 0 Å². The molecule has 20 heavy (non-hydrogen) atoms. The number of amides is 1. The summed E-state index contributed by atoms with van der Waals surface area (Å²) in [6.07, 6.45) is 1.18. The van der Waals surface area contributed by atoms with Gasteiger partial charge in [0, 0.05) is 5.92 Å². The summed E-state index contributed by atoms with van der Waals surface area (Å²) in [4.78, 5) is 24.8. The lowest BCUT2D eigenvalue weighted by Gasteiger charge is -2.29. The first kappa shape index (κ1) is 14.6. The second-order valence-electron chi connectivity index (χ2n) is 5.00. The predicted octanol–water partition coefficient (Wildman–Crippen LogP) is 1.34. The Bertz CT molecular complexity index is 526. The van der Waals surface area contributed by atoms with E-state index in [0.717, 1.165) is 18.2 Å². The van der Waals surface area contributed by atoms with E-state index in [9.17, 15) is 18.4 Å². The van der Waals surface area contributed by atoms with Gasteiger partial charge >= 0.3 is 0 Å². The number of ketones is 1. The Morgan fingerprint density at radius 1 is 1.25 bits per heavy atom. The summed E-state index contributed by atoms with van der Waals surface area (Å²) in [5.74, 6) is -2.30. The number of halogens is 2. The van der Waals surface area contributed by atoms with Crippen LogP contribution in [0.4, 0.5) is 8.78 Å². The van der Waals surface area contributed by atoms with E-state index >= 15 is 0 Å². The molecule has 2 N–H and O–H groups in total. The molecule has 6 heteroatoms. The molecule has 0 unspecified atom stereocenters. The molecule has 1 aliphatic rings. The van der Waals surface area contributed by atoms with Crippen molar-refractivity contribution >= 4 is 11.7 Å². The maximum absolute atomic E-state index is 13.5. The lowest BCUT2D eigenvalue weighted by Crippen LogP contribution is -2.40. The number of primary amides is 1. The fourth-order valence-corrected chi connectivity index (χ4v) is 2.38. The van der Waals surface area contributed by atoms with Crippen LogP contribution < -0.4 is 5.73 Å². The van der Waals surface area contributed by atoms with Gasteiger partial charge in [-0.15, -0.1) is 0 Å². The number of benzene rings is 1. The van der Waals surface area contributed by atoms with E-state index in [-0.39, 0.29) is 23.9 Å². The quantitative estimate of drug-likeness (QED) is 0.848. The van der Waals surface area contributed by atoms with Crippen molar-refractivity contribution in [3.63, 3.8) is 0 Å². The molecule has 0 radical (unpaired) electrons. The molecule has 4 nitrogen and oxygen atoms in total. The van der Waals surface area contributed by atoms with Crippen LogP contribution >= 0.6 is 0 Å². The monoisotopic (exact) mass is 282 g/mol. The van der Waals surface area contributed by atoms with E-state index < -0.39 is 17.4 Å². The summed E-state index contributed by atoms with van der Waals surface area (Å²) in [5.41, 5.74) is 4.99. The minimum Gasteiger partial charge on any atom is -0.369 e. The highest BCUT2D eigenvalue weighted by atomic mass is 19.1. The van der Waals surface area contributed by atoms with Crippen LogP contribution in [0.3, 0.4) is 0 Å². The molecule has 108 valence electrons. The minimum absolute atomic E-state index is 0.0197. The van der Waals surface area contributed by atoms with Crippen molar-refractivity contribution in [2.45, 2.75) is 12.8 Å². The Morgan fingerprint density at radius 3 is 2.50 bits per heavy atom. The molecule has 1 aromatic rings. The van der Waals surface area contributed by atoms with Gasteiger partial charge in [-0.3, -0.25) is 14.5 Å². The number of piperidine rings is 1. The number of rotatable bonds is 4. The van der Waals surface area contributed by atoms with E-state index in [1.807, 2.05) is 4.90 Å². The van der Waals surface area contributed by atoms with Crippen molar-refractivity contribution in [3.8, 4) is 0 Å². The number of carbonyl (C=O) groups excluding carboxylic acids is 2. The molecule has 1 amide bonds. The van der Waals surface area contributed by atoms with E-state index in [1.54, 1.807) is 0 Å². The van der Waals surface area contributed by atoms with Crippen molar-refractivity contribution < 1.29 is 18.4 Å². The average Bonchev–Trinajstić information content (AvgIpc) is 2.42. The van der Waals surface area contributed by atoms with E-state index in [0.29, 0.717) is 25.9 Å². The van der Waals surface area contributed by atoms with E-state index in [2.05, 4.69) is 0 Å². The number of carbonyl (C=O) groups is 2. The highest BCUT2D eigenvalue weighted by Gasteiger charge is 2.25. The van der Waals surface area contributed by atoms with Gasteiger partial charge in [0.1, 0.15) is 11.6 Å². The Hall–Kier alpha value is -1.82. The van der Waals surface area contributed by atoms with E-state index in [4.69, 9.17) is 5.73 Å². The summed E-state index contributed by atoms with van der Waals surface area (Å²) >= 11 is 0. The maximum Gasteiger partial charge on any atom is 0.220 e. The predicted molar refractivity (Wildman–Crippen MR) is 69.0 cm³/mol. The topological polar surface area (TPSA) is 63.4 Å². The van der Waals surface area contributed by atoms with Crippen molar-refractivity contribution in [1.29, 1.82) is 0 Å². The number of nitrogens with zero attached hydrogens (tertiary/aromatic N) is 1. The Balaban J connectivity index is 1.96. The number of hydrogen-bond acceptors (Lipinski definition) is 3. The van der Waals surface area contributed by atoms with Gasteiger partial charge in [-0.1, -0.05) is 0 Å². The minimum atomic E-state index is -0.719. The largest absolute Gasteiger partial charge is 0.369 e. The molecular weight excluding hydrogens is 266 g/mol. The lowest BCUT2D eigenvalue weighted by atomic mass is 9.96. The summed E-state index contributed by atoms with van der Waals surface area (Å²) in [6, 6.07) is 2.83. The van der Waals surface area contributed by atoms with Crippen LogP contribution in [0.15, 0.2) is 18.2 Å². The summed E-state index contributed by atoms with van der Waals surface area (Å²) in [5, 5.41) is 0. The normalized spacial score (nSPS) is 17.1. The molecule has 1 aromatic carbocycles. The van der Waals surface area contributed by atoms with Gasteiger partial charge < -0.3 is 5.73 Å². The first-order valence-corrected chi connectivity index (χ1v) is 6.47. The molecule has 0 aliphatic carbocycles. The molecule has 0 aromatic heterocycles. The first-order chi connectivity index (χ1) is 9.47. The summed E-state index contributed by atoms with van der Waals surface area (Å²) in [7, 11) is 0. The van der Waals surface area contributed by atoms with Crippen LogP contribution in [-0.2, 0) is 4.79 Å². The van der Waals surface area contributed by atoms with Crippen molar-refractivity contribution in [1.82, 2.24) is 4.90 Å². The summed E-state index contributed by atoms with van der Waals surface area (Å²) < 4.78 is 26.5. The number of nitrogens with two attached hydrogens (primary N) is 1. The van der Waals surface area contributed by atoms with Gasteiger partial charge in [-0.05, 0) is 44.1 Å². The third-order valence-corrected chi connectivity index (χ3v) is 3.59. The van der Waals surface area contributed by atoms with Crippen molar-refractivity contribution in [2.24, 2.45) is 11.7 Å². The smallest absolute Gasteiger partial charge is 0.220 e. The zero-order valence-corrected chi connectivity index (χ0v) is 10.9. The van der Waals surface area contributed by atoms with E-state index in [1.165, 1.54) is 0 Å². The zero-order chi connectivity index (χ0) is 14.7. The third kappa shape index (κ3) is 3.39. The Labute approximate surface area is 115 Å². The summed E-state index contributed by atoms with van der Waals surface area (Å²) in [6.45, 7) is 1.12. The Kier molecular flexibility index (Phi) is 4.44. The molecule has 0 saturated carbocycles. The average molecular weight is 282 g/mol. The lowest BCUT2D eigenvalue weighted by molar-refractivity contribution is -0.123. The van der Waals surface area contributed by atoms with Gasteiger partial charge in [0.05, 0.1) is 12.1 Å². The van der Waals surface area contributed by atoms with Gasteiger partial charge in [0.15, 0.2) is 5.78 Å². The van der Waals surface area contributed by atoms with Crippen molar-refractivity contribution in [2.75, 3.05) is 19.6 Å². The SMILES string of the molecule is NC(=O)C1CCN(CC(=O)c2cc(F)ccc2F)CC1. The molecular formula is C14H16F2N2O2. The molecule has 0 bridgehead atoms. The van der Waals surface area contributed by atoms with Crippen LogP contribution in [0, 0.1) is 17.6 Å². The highest BCUT2D eigenvalue weighted by molar-refractivity contribution is 5.97. The van der Waals surface area contributed by atoms with Gasteiger partial charge in [0.2, 0.25) is 5.91 Å². The van der Waals surface area contributed by atoms with Crippen LogP contribution in [0.25, 0.3) is 0 Å². The van der Waals surface area contributed by atoms with Crippen LogP contribution in [-0.4, -0.2) is 36.2 Å². The van der Waals surface area contributed by atoms with Crippen LogP contribution in [0.5, 0.6) is 0 Å². The second-order valence-corrected chi connectivity index (χ2v) is 5.00. The highest BCUT2D eigenvalue weighted by Crippen LogP contribution is 2.18. The Morgan fingerprint density at radius 2 is 1.90 bits per heavy atom. The molecule has 1 saturated heterocycles. The molecule has 0 spiro atoms. The number of likely N-dealkylation sites (tertiary alicyclic amines) is 1. The van der Waals surface area contributed by atoms with Crippen molar-refractivity contribution in [3.05, 3.63) is 35.4 Å². The molecule has 2 rings (SSSR count). The number of Topliss-reactive ketones (excluding diaryl/α,β-unsaturated/α-hetero) is 1. The third-order valence-electron chi connectivity index (χ3n) is 3.59. The van der Waals surface area contributed by atoms with Crippen LogP contribution in [0.1, 0.15) is 23.2 Å². The first-order valence-electron chi connectivity index (χ1n) is 6.47. The standard InChI is InChI=1S/C14H16F2N2O2/c15-10-1-2-12(16)11(7-10)13(19)8-18-5-3-9(4-6-18)14(17)20/h1-2,7,9H,3-6,8H2,(H2,17,20). The van der Waals surface area contributed by atoms with Gasteiger partial charge in [0.25, 0.3) is 0 Å².